The summed E-state index contributed by atoms with van der Waals surface area (Å²) < 4.78 is 18.5. The quantitative estimate of drug-likeness (QED) is 0.860. The molecule has 0 amide bonds. The van der Waals surface area contributed by atoms with Crippen LogP contribution < -0.4 is 5.32 Å². The number of carbonyl (C=O) groups excluding carboxylic acids is 1. The molecule has 1 aliphatic carbocycles. The molecule has 3 rings (SSSR count). The summed E-state index contributed by atoms with van der Waals surface area (Å²) >= 11 is 0. The van der Waals surface area contributed by atoms with Gasteiger partial charge >= 0.3 is 5.97 Å². The number of hydrogen-bond donors (Lipinski definition) is 1. The highest BCUT2D eigenvalue weighted by molar-refractivity contribution is 5.76. The van der Waals surface area contributed by atoms with Gasteiger partial charge in [0.05, 0.1) is 6.61 Å². The van der Waals surface area contributed by atoms with E-state index in [-0.39, 0.29) is 23.9 Å². The molecule has 2 unspecified atom stereocenters. The summed E-state index contributed by atoms with van der Waals surface area (Å²) in [5.74, 6) is -0.350. The smallest absolute Gasteiger partial charge is 0.324 e. The van der Waals surface area contributed by atoms with Gasteiger partial charge < -0.3 is 10.1 Å². The van der Waals surface area contributed by atoms with Crippen LogP contribution in [0, 0.1) is 5.82 Å². The Morgan fingerprint density at radius 1 is 1.52 bits per heavy atom. The molecule has 1 heterocycles. The number of halogens is 1. The van der Waals surface area contributed by atoms with E-state index < -0.39 is 0 Å². The molecule has 2 aliphatic rings. The Balaban J connectivity index is 1.84. The largest absolute Gasteiger partial charge is 0.465 e. The molecule has 1 aromatic carbocycles. The van der Waals surface area contributed by atoms with Crippen molar-refractivity contribution in [2.75, 3.05) is 26.2 Å². The highest BCUT2D eigenvalue weighted by Gasteiger charge is 2.37. The van der Waals surface area contributed by atoms with Crippen LogP contribution in [-0.2, 0) is 16.0 Å². The predicted octanol–water partition coefficient (Wildman–Crippen LogP) is 1.65. The average Bonchev–Trinajstić information content (AvgIpc) is 2.90. The molecule has 5 heteroatoms. The Hall–Kier alpha value is -1.46. The van der Waals surface area contributed by atoms with Crippen LogP contribution in [-0.4, -0.2) is 43.2 Å². The number of aryl methyl sites for hydroxylation is 1. The molecule has 0 spiro atoms. The zero-order valence-corrected chi connectivity index (χ0v) is 12.3. The molecular formula is C16H21FN2O2. The van der Waals surface area contributed by atoms with Gasteiger partial charge in [0.25, 0.3) is 0 Å². The molecule has 21 heavy (non-hydrogen) atoms. The van der Waals surface area contributed by atoms with Gasteiger partial charge in [-0.05, 0) is 43.0 Å². The van der Waals surface area contributed by atoms with Crippen LogP contribution in [0.25, 0.3) is 0 Å². The minimum atomic E-state index is -0.250. The van der Waals surface area contributed by atoms with Crippen LogP contribution in [0.15, 0.2) is 18.2 Å². The first-order valence-corrected chi connectivity index (χ1v) is 7.62. The second-order valence-electron chi connectivity index (χ2n) is 5.61. The van der Waals surface area contributed by atoms with Crippen LogP contribution in [0.4, 0.5) is 4.39 Å². The topological polar surface area (TPSA) is 41.6 Å². The third-order valence-corrected chi connectivity index (χ3v) is 4.39. The van der Waals surface area contributed by atoms with E-state index in [1.54, 1.807) is 6.07 Å². The van der Waals surface area contributed by atoms with E-state index in [0.29, 0.717) is 13.2 Å². The lowest BCUT2D eigenvalue weighted by Gasteiger charge is -2.39. The number of ether oxygens (including phenoxy) is 1. The molecule has 114 valence electrons. The van der Waals surface area contributed by atoms with E-state index in [2.05, 4.69) is 10.2 Å². The van der Waals surface area contributed by atoms with Gasteiger partial charge in [0, 0.05) is 25.7 Å². The first-order chi connectivity index (χ1) is 10.2. The van der Waals surface area contributed by atoms with Crippen molar-refractivity contribution in [1.82, 2.24) is 10.2 Å². The molecule has 1 aliphatic heterocycles. The van der Waals surface area contributed by atoms with Gasteiger partial charge in [-0.1, -0.05) is 6.07 Å². The molecule has 1 N–H and O–H groups in total. The van der Waals surface area contributed by atoms with Gasteiger partial charge in [-0.2, -0.15) is 0 Å². The fourth-order valence-corrected chi connectivity index (χ4v) is 3.46. The second kappa shape index (κ2) is 6.12. The van der Waals surface area contributed by atoms with E-state index in [4.69, 9.17) is 4.74 Å². The first kappa shape index (κ1) is 14.5. The highest BCUT2D eigenvalue weighted by atomic mass is 19.1. The lowest BCUT2D eigenvalue weighted by atomic mass is 10.0. The second-order valence-corrected chi connectivity index (χ2v) is 5.61. The maximum Gasteiger partial charge on any atom is 0.324 e. The molecule has 0 saturated carbocycles. The molecule has 1 saturated heterocycles. The third-order valence-electron chi connectivity index (χ3n) is 4.39. The van der Waals surface area contributed by atoms with Gasteiger partial charge in [-0.3, -0.25) is 9.69 Å². The number of carbonyl (C=O) groups is 1. The monoisotopic (exact) mass is 292 g/mol. The van der Waals surface area contributed by atoms with Gasteiger partial charge in [-0.15, -0.1) is 0 Å². The normalized spacial score (nSPS) is 25.6. The number of hydrogen-bond acceptors (Lipinski definition) is 4. The molecule has 2 atom stereocenters. The Kier molecular flexibility index (Phi) is 4.22. The van der Waals surface area contributed by atoms with Gasteiger partial charge in [0.15, 0.2) is 0 Å². The first-order valence-electron chi connectivity index (χ1n) is 7.62. The van der Waals surface area contributed by atoms with Gasteiger partial charge in [-0.25, -0.2) is 4.39 Å². The molecule has 1 aromatic rings. The summed E-state index contributed by atoms with van der Waals surface area (Å²) in [7, 11) is 0. The van der Waals surface area contributed by atoms with E-state index >= 15 is 0 Å². The van der Waals surface area contributed by atoms with E-state index in [9.17, 15) is 9.18 Å². The summed E-state index contributed by atoms with van der Waals surface area (Å²) in [6.07, 6.45) is 1.81. The minimum Gasteiger partial charge on any atom is -0.465 e. The number of nitrogens with one attached hydrogen (secondary N) is 1. The van der Waals surface area contributed by atoms with E-state index in [0.717, 1.165) is 37.1 Å². The standard InChI is InChI=1S/C16H21FN2O2/c1-2-21-16(20)15-10-18-7-8-19(15)14-6-3-11-9-12(17)4-5-13(11)14/h4-5,9,14-15,18H,2-3,6-8,10H2,1H3. The van der Waals surface area contributed by atoms with Crippen molar-refractivity contribution in [3.8, 4) is 0 Å². The van der Waals surface area contributed by atoms with Crippen molar-refractivity contribution in [3.05, 3.63) is 35.1 Å². The number of piperazine rings is 1. The Morgan fingerprint density at radius 3 is 3.19 bits per heavy atom. The van der Waals surface area contributed by atoms with Crippen molar-refractivity contribution < 1.29 is 13.9 Å². The minimum absolute atomic E-state index is 0.166. The molecule has 0 aromatic heterocycles. The zero-order valence-electron chi connectivity index (χ0n) is 12.3. The van der Waals surface area contributed by atoms with E-state index in [1.165, 1.54) is 6.07 Å². The molecule has 0 radical (unpaired) electrons. The van der Waals surface area contributed by atoms with E-state index in [1.807, 2.05) is 13.0 Å². The Bertz CT molecular complexity index is 535. The van der Waals surface area contributed by atoms with Gasteiger partial charge in [0.2, 0.25) is 0 Å². The third kappa shape index (κ3) is 2.80. The average molecular weight is 292 g/mol. The summed E-state index contributed by atoms with van der Waals surface area (Å²) in [5.41, 5.74) is 2.23. The van der Waals surface area contributed by atoms with Crippen molar-refractivity contribution in [3.63, 3.8) is 0 Å². The molecule has 1 fully saturated rings. The number of esters is 1. The summed E-state index contributed by atoms with van der Waals surface area (Å²) in [6, 6.07) is 4.94. The highest BCUT2D eigenvalue weighted by Crippen LogP contribution is 2.37. The van der Waals surface area contributed by atoms with Crippen molar-refractivity contribution in [1.29, 1.82) is 0 Å². The van der Waals surface area contributed by atoms with Gasteiger partial charge in [0.1, 0.15) is 11.9 Å². The number of benzene rings is 1. The fourth-order valence-electron chi connectivity index (χ4n) is 3.46. The van der Waals surface area contributed by atoms with Crippen LogP contribution in [0.5, 0.6) is 0 Å². The fraction of sp³-hybridized carbons (Fsp3) is 0.562. The maximum atomic E-state index is 13.3. The number of nitrogens with zero attached hydrogens (tertiary/aromatic N) is 1. The number of fused-ring (bicyclic) bond motifs is 1. The van der Waals surface area contributed by atoms with Crippen LogP contribution >= 0.6 is 0 Å². The Labute approximate surface area is 124 Å². The van der Waals surface area contributed by atoms with Crippen LogP contribution in [0.2, 0.25) is 0 Å². The van der Waals surface area contributed by atoms with Crippen molar-refractivity contribution in [2.24, 2.45) is 0 Å². The summed E-state index contributed by atoms with van der Waals surface area (Å²) in [4.78, 5) is 14.4. The van der Waals surface area contributed by atoms with Crippen LogP contribution in [0.1, 0.15) is 30.5 Å². The summed E-state index contributed by atoms with van der Waals surface area (Å²) in [5, 5.41) is 3.26. The lowest BCUT2D eigenvalue weighted by Crippen LogP contribution is -2.56. The van der Waals surface area contributed by atoms with Crippen molar-refractivity contribution >= 4 is 5.97 Å². The zero-order chi connectivity index (χ0) is 14.8. The predicted molar refractivity (Wildman–Crippen MR) is 77.5 cm³/mol. The number of rotatable bonds is 3. The van der Waals surface area contributed by atoms with Crippen molar-refractivity contribution in [2.45, 2.75) is 31.8 Å². The maximum absolute atomic E-state index is 13.3. The van der Waals surface area contributed by atoms with Crippen LogP contribution in [0.3, 0.4) is 0 Å². The lowest BCUT2D eigenvalue weighted by molar-refractivity contribution is -0.151. The molecular weight excluding hydrogens is 271 g/mol. The Morgan fingerprint density at radius 2 is 2.38 bits per heavy atom. The molecule has 0 bridgehead atoms. The summed E-state index contributed by atoms with van der Waals surface area (Å²) in [6.45, 7) is 4.52. The molecule has 4 nitrogen and oxygen atoms in total. The SMILES string of the molecule is CCOC(=O)C1CNCCN1C1CCc2cc(F)ccc21.